The summed E-state index contributed by atoms with van der Waals surface area (Å²) in [7, 11) is 1.91. The van der Waals surface area contributed by atoms with Gasteiger partial charge in [0.25, 0.3) is 17.7 Å². The zero-order chi connectivity index (χ0) is 70.4. The molecule has 6 aromatic carbocycles. The molecular formula is C75H83Br2ClN12O9. The van der Waals surface area contributed by atoms with Crippen molar-refractivity contribution < 1.29 is 43.0 Å². The third kappa shape index (κ3) is 18.6. The standard InChI is InChI=1S/C25H26Br2N4O3.C25H27ClN4O3.C24H26N4O3.CH4/c1-25(2,3)34-24(33)29-12-21(18-11-28-20-7-5-14(26)9-16(18)20)30-23(32)19-13-31(4)22-8-6-15(27)10-17(19)22;1-14-5-7-16-19(12-28-21(16)9-14)23(31)30-22(13-29-24(32)33-25(2,3)4)18-11-27-20-8-6-15(26)10-17(18)20;1-24(2,3)31-23(30)27-14-21(17-12-25-19-10-6-4-8-15(17)19)28-22(29)18-13-26-20-11-7-5-9-16(18)20;/h5-11,13,21,28H,12H2,1-4H3,(H,29,33)(H,30,32);5-12,22,27-28H,13H2,1-4H3,(H,29,32)(H,30,31);4-13,21,25-26H,14H2,1-3H3,(H,27,30)(H,28,29);1H4. The molecule has 0 saturated carbocycles. The zero-order valence-electron chi connectivity index (χ0n) is 56.1. The molecule has 12 aromatic rings. The average molecular weight is 1490 g/mol. The first-order valence-corrected chi connectivity index (χ1v) is 33.7. The van der Waals surface area contributed by atoms with Crippen LogP contribution in [-0.4, -0.2) is 102 Å². The van der Waals surface area contributed by atoms with Crippen LogP contribution in [0.25, 0.3) is 65.4 Å². The maximum atomic E-state index is 13.5. The summed E-state index contributed by atoms with van der Waals surface area (Å²) in [5.41, 5.74) is 8.97. The number of nitrogens with one attached hydrogen (secondary N) is 11. The first kappa shape index (κ1) is 73.3. The number of ether oxygens (including phenoxy) is 3. The summed E-state index contributed by atoms with van der Waals surface area (Å²) in [6.07, 6.45) is 9.14. The van der Waals surface area contributed by atoms with Crippen molar-refractivity contribution in [1.29, 1.82) is 0 Å². The van der Waals surface area contributed by atoms with Crippen molar-refractivity contribution in [3.05, 3.63) is 211 Å². The molecule has 518 valence electrons. The van der Waals surface area contributed by atoms with Crippen LogP contribution in [0.4, 0.5) is 14.4 Å². The molecule has 3 atom stereocenters. The van der Waals surface area contributed by atoms with Crippen molar-refractivity contribution in [3.63, 3.8) is 0 Å². The van der Waals surface area contributed by atoms with Crippen LogP contribution in [0.5, 0.6) is 0 Å². The van der Waals surface area contributed by atoms with Crippen LogP contribution >= 0.6 is 43.5 Å². The van der Waals surface area contributed by atoms with Gasteiger partial charge in [-0.05, 0) is 148 Å². The van der Waals surface area contributed by atoms with Gasteiger partial charge in [0.2, 0.25) is 0 Å². The number of carbonyl (C=O) groups is 6. The number of para-hydroxylation sites is 2. The average Bonchev–Trinajstić information content (AvgIpc) is 1.67. The van der Waals surface area contributed by atoms with E-state index >= 15 is 0 Å². The normalized spacial score (nSPS) is 12.5. The Labute approximate surface area is 595 Å². The molecule has 3 unspecified atom stereocenters. The van der Waals surface area contributed by atoms with Crippen LogP contribution in [0.1, 0.15) is 141 Å². The van der Waals surface area contributed by atoms with E-state index in [1.807, 2.05) is 200 Å². The number of halogens is 3. The molecule has 99 heavy (non-hydrogen) atoms. The number of H-pyrrole nitrogens is 5. The minimum atomic E-state index is -0.626. The summed E-state index contributed by atoms with van der Waals surface area (Å²) in [6.45, 7) is 18.7. The Morgan fingerprint density at radius 1 is 0.444 bits per heavy atom. The Balaban J connectivity index is 0.000000173. The summed E-state index contributed by atoms with van der Waals surface area (Å²) in [5, 5.41) is 23.5. The van der Waals surface area contributed by atoms with Gasteiger partial charge in [0.05, 0.1) is 34.8 Å². The van der Waals surface area contributed by atoms with Gasteiger partial charge in [0, 0.05) is 160 Å². The SMILES string of the molecule is C.CC(C)(C)OC(=O)NCC(NC(=O)c1c[nH]c2ccccc12)c1c[nH]c2ccccc12.Cc1ccc2c(C(=O)NC(CNC(=O)OC(C)(C)C)c3c[nH]c4ccc(Cl)cc34)c[nH]c2c1.Cn1cc(C(=O)NC(CNC(=O)OC(C)(C)C)c2c[nH]c3ccc(Br)cc23)c2cc(Br)ccc21. The fourth-order valence-electron chi connectivity index (χ4n) is 11.3. The minimum absolute atomic E-state index is 0. The van der Waals surface area contributed by atoms with E-state index in [1.165, 1.54) is 0 Å². The molecule has 0 aliphatic rings. The lowest BCUT2D eigenvalue weighted by atomic mass is 10.0. The molecule has 0 aliphatic carbocycles. The van der Waals surface area contributed by atoms with Gasteiger partial charge in [0.1, 0.15) is 16.8 Å². The van der Waals surface area contributed by atoms with Crippen LogP contribution in [0, 0.1) is 6.92 Å². The molecule has 0 radical (unpaired) electrons. The molecule has 0 bridgehead atoms. The Morgan fingerprint density at radius 3 is 1.33 bits per heavy atom. The summed E-state index contributed by atoms with van der Waals surface area (Å²) >= 11 is 13.2. The van der Waals surface area contributed by atoms with Gasteiger partial charge in [-0.1, -0.05) is 99.4 Å². The fraction of sp³-hybridized carbons (Fsp3) is 0.280. The second kappa shape index (κ2) is 30.8. The van der Waals surface area contributed by atoms with Crippen molar-refractivity contribution in [1.82, 2.24) is 61.4 Å². The maximum Gasteiger partial charge on any atom is 0.407 e. The predicted molar refractivity (Wildman–Crippen MR) is 400 cm³/mol. The molecule has 11 N–H and O–H groups in total. The van der Waals surface area contributed by atoms with Gasteiger partial charge < -0.3 is 75.6 Å². The Hall–Kier alpha value is -9.97. The van der Waals surface area contributed by atoms with E-state index in [0.29, 0.717) is 21.7 Å². The van der Waals surface area contributed by atoms with Crippen LogP contribution in [0.15, 0.2) is 167 Å². The highest BCUT2D eigenvalue weighted by molar-refractivity contribution is 9.10. The first-order valence-electron chi connectivity index (χ1n) is 31.7. The lowest BCUT2D eigenvalue weighted by Crippen LogP contribution is -2.40. The fourth-order valence-corrected chi connectivity index (χ4v) is 12.2. The van der Waals surface area contributed by atoms with Crippen LogP contribution in [0.2, 0.25) is 5.02 Å². The first-order chi connectivity index (χ1) is 46.4. The second-order valence-electron chi connectivity index (χ2n) is 26.7. The van der Waals surface area contributed by atoms with E-state index in [-0.39, 0.29) is 44.8 Å². The second-order valence-corrected chi connectivity index (χ2v) is 29.0. The smallest absolute Gasteiger partial charge is 0.407 e. The number of hydrogen-bond donors (Lipinski definition) is 11. The minimum Gasteiger partial charge on any atom is -0.444 e. The number of aromatic amines is 5. The Bertz CT molecular complexity index is 4920. The highest BCUT2D eigenvalue weighted by atomic mass is 79.9. The molecule has 0 aliphatic heterocycles. The summed E-state index contributed by atoms with van der Waals surface area (Å²) in [5.74, 6) is -0.708. The van der Waals surface area contributed by atoms with Crippen molar-refractivity contribution in [3.8, 4) is 0 Å². The van der Waals surface area contributed by atoms with E-state index in [0.717, 1.165) is 96.6 Å². The van der Waals surface area contributed by atoms with Gasteiger partial charge in [-0.25, -0.2) is 14.4 Å². The van der Waals surface area contributed by atoms with Gasteiger partial charge in [0.15, 0.2) is 0 Å². The molecule has 0 spiro atoms. The van der Waals surface area contributed by atoms with E-state index in [1.54, 1.807) is 39.2 Å². The number of amides is 6. The lowest BCUT2D eigenvalue weighted by Gasteiger charge is -2.23. The third-order valence-electron chi connectivity index (χ3n) is 15.7. The number of nitrogens with zero attached hydrogens (tertiary/aromatic N) is 1. The topological polar surface area (TPSA) is 286 Å². The number of fused-ring (bicyclic) bond motifs is 6. The van der Waals surface area contributed by atoms with Crippen LogP contribution in [0.3, 0.4) is 0 Å². The van der Waals surface area contributed by atoms with Crippen LogP contribution in [-0.2, 0) is 21.3 Å². The quantitative estimate of drug-likeness (QED) is 0.0435. The van der Waals surface area contributed by atoms with Crippen molar-refractivity contribution in [2.45, 2.75) is 112 Å². The molecule has 6 heterocycles. The number of aromatic nitrogens is 6. The van der Waals surface area contributed by atoms with Gasteiger partial charge in [-0.3, -0.25) is 14.4 Å². The molecule has 24 heteroatoms. The highest BCUT2D eigenvalue weighted by Crippen LogP contribution is 2.32. The van der Waals surface area contributed by atoms with Crippen LogP contribution < -0.4 is 31.9 Å². The molecule has 0 saturated heterocycles. The predicted octanol–water partition coefficient (Wildman–Crippen LogP) is 17.1. The molecular weight excluding hydrogens is 1410 g/mol. The Morgan fingerprint density at radius 2 is 0.828 bits per heavy atom. The molecule has 6 amide bonds. The van der Waals surface area contributed by atoms with Crippen molar-refractivity contribution >= 4 is 145 Å². The van der Waals surface area contributed by atoms with Gasteiger partial charge in [-0.2, -0.15) is 0 Å². The third-order valence-corrected chi connectivity index (χ3v) is 16.9. The summed E-state index contributed by atoms with van der Waals surface area (Å²) < 4.78 is 19.8. The molecule has 12 rings (SSSR count). The number of carbonyl (C=O) groups excluding carboxylic acids is 6. The Kier molecular flexibility index (Phi) is 22.8. The highest BCUT2D eigenvalue weighted by Gasteiger charge is 2.28. The number of aryl methyl sites for hydroxylation is 2. The van der Waals surface area contributed by atoms with E-state index < -0.39 is 53.2 Å². The zero-order valence-corrected chi connectivity index (χ0v) is 60.0. The number of alkyl carbamates (subject to hydrolysis) is 3. The van der Waals surface area contributed by atoms with Gasteiger partial charge in [-0.15, -0.1) is 0 Å². The van der Waals surface area contributed by atoms with E-state index in [2.05, 4.69) is 88.7 Å². The monoisotopic (exact) mass is 1490 g/mol. The summed E-state index contributed by atoms with van der Waals surface area (Å²) in [6, 6.07) is 37.2. The van der Waals surface area contributed by atoms with Crippen molar-refractivity contribution in [2.24, 2.45) is 7.05 Å². The van der Waals surface area contributed by atoms with E-state index in [4.69, 9.17) is 25.8 Å². The number of rotatable bonds is 15. The number of hydrogen-bond acceptors (Lipinski definition) is 9. The lowest BCUT2D eigenvalue weighted by molar-refractivity contribution is 0.0510. The maximum absolute atomic E-state index is 13.5. The molecule has 6 aromatic heterocycles. The summed E-state index contributed by atoms with van der Waals surface area (Å²) in [4.78, 5) is 92.7. The van der Waals surface area contributed by atoms with Crippen molar-refractivity contribution in [2.75, 3.05) is 19.6 Å². The molecule has 21 nitrogen and oxygen atoms in total. The van der Waals surface area contributed by atoms with E-state index in [9.17, 15) is 28.8 Å². The number of benzene rings is 6. The molecule has 0 fully saturated rings. The van der Waals surface area contributed by atoms with Gasteiger partial charge >= 0.3 is 18.3 Å². The largest absolute Gasteiger partial charge is 0.444 e.